The van der Waals surface area contributed by atoms with Crippen LogP contribution in [-0.4, -0.2) is 29.4 Å². The molecule has 24 heavy (non-hydrogen) atoms. The normalized spacial score (nSPS) is 14.2. The minimum atomic E-state index is -4.17. The number of rotatable bonds is 16. The SMILES string of the molecule is CCCCCCCCCC(O)CCCCC(CCC)S(=O)(=O)[O-].[K+]. The fraction of sp³-hybridized carbons (Fsp3) is 1.00. The Hall–Kier alpha value is 1.51. The molecule has 0 saturated heterocycles. The standard InChI is InChI=1S/C18H38O4S.K/c1-3-5-6-7-8-9-10-14-17(19)15-11-12-16-18(13-4-2)23(20,21)22;/h17-19H,3-16H2,1-2H3,(H,20,21,22);/q;+1/p-1. The second-order valence-corrected chi connectivity index (χ2v) is 8.40. The molecule has 0 aromatic rings. The van der Waals surface area contributed by atoms with Gasteiger partial charge in [0.25, 0.3) is 0 Å². The maximum absolute atomic E-state index is 11.1. The third-order valence-electron chi connectivity index (χ3n) is 4.47. The van der Waals surface area contributed by atoms with Crippen LogP contribution in [0.4, 0.5) is 0 Å². The molecular weight excluding hydrogens is 351 g/mol. The Kier molecular flexibility index (Phi) is 20.7. The molecule has 0 spiro atoms. The van der Waals surface area contributed by atoms with Crippen molar-refractivity contribution in [3.63, 3.8) is 0 Å². The van der Waals surface area contributed by atoms with Gasteiger partial charge >= 0.3 is 51.4 Å². The summed E-state index contributed by atoms with van der Waals surface area (Å²) >= 11 is 0. The van der Waals surface area contributed by atoms with Gasteiger partial charge < -0.3 is 9.66 Å². The molecule has 0 aliphatic rings. The van der Waals surface area contributed by atoms with Crippen LogP contribution in [0.1, 0.15) is 104 Å². The molecule has 0 heterocycles. The first-order valence-electron chi connectivity index (χ1n) is 9.54. The van der Waals surface area contributed by atoms with Crippen LogP contribution in [0.3, 0.4) is 0 Å². The zero-order valence-electron chi connectivity index (χ0n) is 16.1. The van der Waals surface area contributed by atoms with Crippen molar-refractivity contribution in [3.8, 4) is 0 Å². The van der Waals surface area contributed by atoms with Gasteiger partial charge in [-0.05, 0) is 25.7 Å². The van der Waals surface area contributed by atoms with Gasteiger partial charge in [0.05, 0.1) is 16.2 Å². The molecule has 4 nitrogen and oxygen atoms in total. The Labute approximate surface area is 192 Å². The van der Waals surface area contributed by atoms with E-state index in [0.29, 0.717) is 32.1 Å². The molecular formula is C18H37KO4S. The number of hydrogen-bond acceptors (Lipinski definition) is 4. The first kappa shape index (κ1) is 27.7. The molecule has 0 aliphatic carbocycles. The summed E-state index contributed by atoms with van der Waals surface area (Å²) in [7, 11) is -4.17. The maximum Gasteiger partial charge on any atom is 1.00 e. The summed E-state index contributed by atoms with van der Waals surface area (Å²) in [4.78, 5) is 0. The minimum Gasteiger partial charge on any atom is -0.748 e. The van der Waals surface area contributed by atoms with E-state index in [1.807, 2.05) is 6.92 Å². The van der Waals surface area contributed by atoms with E-state index in [1.54, 1.807) is 0 Å². The van der Waals surface area contributed by atoms with Crippen LogP contribution >= 0.6 is 0 Å². The Morgan fingerprint density at radius 3 is 1.71 bits per heavy atom. The van der Waals surface area contributed by atoms with Gasteiger partial charge in [0.15, 0.2) is 0 Å². The van der Waals surface area contributed by atoms with E-state index in [9.17, 15) is 18.1 Å². The maximum atomic E-state index is 11.1. The van der Waals surface area contributed by atoms with E-state index in [0.717, 1.165) is 19.3 Å². The van der Waals surface area contributed by atoms with Crippen LogP contribution in [-0.2, 0) is 10.1 Å². The van der Waals surface area contributed by atoms with Crippen LogP contribution in [0.2, 0.25) is 0 Å². The molecule has 2 unspecified atom stereocenters. The number of aliphatic hydroxyl groups is 1. The number of hydrogen-bond donors (Lipinski definition) is 1. The molecule has 0 aliphatic heterocycles. The quantitative estimate of drug-likeness (QED) is 0.248. The zero-order valence-corrected chi connectivity index (χ0v) is 20.1. The summed E-state index contributed by atoms with van der Waals surface area (Å²) in [6.45, 7) is 4.11. The summed E-state index contributed by atoms with van der Waals surface area (Å²) in [5, 5.41) is 9.20. The van der Waals surface area contributed by atoms with Crippen molar-refractivity contribution in [2.24, 2.45) is 0 Å². The second kappa shape index (κ2) is 17.9. The first-order valence-corrected chi connectivity index (χ1v) is 11.0. The largest absolute Gasteiger partial charge is 1.00 e. The average Bonchev–Trinajstić information content (AvgIpc) is 2.48. The van der Waals surface area contributed by atoms with Crippen LogP contribution in [0.25, 0.3) is 0 Å². The van der Waals surface area contributed by atoms with Gasteiger partial charge in [-0.3, -0.25) is 0 Å². The molecule has 0 bridgehead atoms. The Morgan fingerprint density at radius 2 is 1.21 bits per heavy atom. The van der Waals surface area contributed by atoms with Gasteiger partial charge in [-0.15, -0.1) is 0 Å². The second-order valence-electron chi connectivity index (χ2n) is 6.75. The van der Waals surface area contributed by atoms with Gasteiger partial charge in [-0.1, -0.05) is 78.1 Å². The van der Waals surface area contributed by atoms with Crippen LogP contribution in [0.5, 0.6) is 0 Å². The Bertz CT molecular complexity index is 360. The molecule has 0 fully saturated rings. The molecule has 0 rings (SSSR count). The van der Waals surface area contributed by atoms with Gasteiger partial charge in [-0.25, -0.2) is 8.42 Å². The molecule has 1 N–H and O–H groups in total. The van der Waals surface area contributed by atoms with Gasteiger partial charge in [0.1, 0.15) is 0 Å². The average molecular weight is 389 g/mol. The monoisotopic (exact) mass is 388 g/mol. The minimum absolute atomic E-state index is 0. The zero-order chi connectivity index (χ0) is 17.6. The van der Waals surface area contributed by atoms with Crippen molar-refractivity contribution in [3.05, 3.63) is 0 Å². The smallest absolute Gasteiger partial charge is 0.748 e. The topological polar surface area (TPSA) is 77.4 Å². The van der Waals surface area contributed by atoms with Crippen molar-refractivity contribution in [1.29, 1.82) is 0 Å². The molecule has 2 atom stereocenters. The van der Waals surface area contributed by atoms with E-state index >= 15 is 0 Å². The van der Waals surface area contributed by atoms with Crippen LogP contribution in [0, 0.1) is 0 Å². The van der Waals surface area contributed by atoms with E-state index in [4.69, 9.17) is 0 Å². The van der Waals surface area contributed by atoms with Crippen molar-refractivity contribution in [2.45, 2.75) is 115 Å². The van der Waals surface area contributed by atoms with Crippen molar-refractivity contribution in [1.82, 2.24) is 0 Å². The van der Waals surface area contributed by atoms with E-state index in [2.05, 4.69) is 6.92 Å². The Morgan fingerprint density at radius 1 is 0.750 bits per heavy atom. The Balaban J connectivity index is 0. The van der Waals surface area contributed by atoms with Crippen molar-refractivity contribution < 1.29 is 69.5 Å². The third kappa shape index (κ3) is 16.9. The van der Waals surface area contributed by atoms with E-state index < -0.39 is 15.4 Å². The predicted molar refractivity (Wildman–Crippen MR) is 95.5 cm³/mol. The fourth-order valence-corrected chi connectivity index (χ4v) is 3.97. The fourth-order valence-electron chi connectivity index (χ4n) is 2.99. The molecule has 6 heteroatoms. The molecule has 0 aromatic heterocycles. The van der Waals surface area contributed by atoms with E-state index in [1.165, 1.54) is 38.5 Å². The number of aliphatic hydroxyl groups excluding tert-OH is 1. The van der Waals surface area contributed by atoms with Gasteiger partial charge in [-0.2, -0.15) is 0 Å². The van der Waals surface area contributed by atoms with Gasteiger partial charge in [0, 0.05) is 5.25 Å². The van der Waals surface area contributed by atoms with Crippen molar-refractivity contribution >= 4 is 10.1 Å². The van der Waals surface area contributed by atoms with E-state index in [-0.39, 0.29) is 57.5 Å². The molecule has 140 valence electrons. The first-order chi connectivity index (χ1) is 10.9. The summed E-state index contributed by atoms with van der Waals surface area (Å²) in [6, 6.07) is 0. The number of unbranched alkanes of at least 4 members (excludes halogenated alkanes) is 7. The summed E-state index contributed by atoms with van der Waals surface area (Å²) in [5.41, 5.74) is 0. The van der Waals surface area contributed by atoms with Crippen LogP contribution in [0.15, 0.2) is 0 Å². The summed E-state index contributed by atoms with van der Waals surface area (Å²) in [6.07, 6.45) is 13.1. The van der Waals surface area contributed by atoms with Crippen LogP contribution < -0.4 is 51.4 Å². The summed E-state index contributed by atoms with van der Waals surface area (Å²) < 4.78 is 33.3. The summed E-state index contributed by atoms with van der Waals surface area (Å²) in [5.74, 6) is 0. The predicted octanol–water partition coefficient (Wildman–Crippen LogP) is 1.77. The third-order valence-corrected chi connectivity index (χ3v) is 5.76. The van der Waals surface area contributed by atoms with Gasteiger partial charge in [0.2, 0.25) is 0 Å². The molecule has 0 amide bonds. The molecule has 0 saturated carbocycles. The molecule has 0 aromatic carbocycles. The molecule has 0 radical (unpaired) electrons. The van der Waals surface area contributed by atoms with Crippen molar-refractivity contribution in [2.75, 3.05) is 0 Å².